The molecule has 1 aromatic carbocycles. The molecule has 1 aromatic rings. The van der Waals surface area contributed by atoms with Gasteiger partial charge in [-0.2, -0.15) is 0 Å². The number of rotatable bonds is 3. The second-order valence-corrected chi connectivity index (χ2v) is 6.32. The first-order valence-electron chi connectivity index (χ1n) is 5.89. The van der Waals surface area contributed by atoms with E-state index in [1.807, 2.05) is 0 Å². The molecule has 0 aliphatic carbocycles. The molecule has 0 aliphatic rings. The Balaban J connectivity index is 3.39. The van der Waals surface area contributed by atoms with Gasteiger partial charge in [0.05, 0.1) is 11.6 Å². The molecule has 3 heteroatoms. The van der Waals surface area contributed by atoms with Crippen LogP contribution in [0.15, 0.2) is 16.6 Å². The summed E-state index contributed by atoms with van der Waals surface area (Å²) in [5.74, 6) is 1.19. The Labute approximate surface area is 113 Å². The highest BCUT2D eigenvalue weighted by molar-refractivity contribution is 9.10. The van der Waals surface area contributed by atoms with Crippen LogP contribution >= 0.6 is 15.9 Å². The van der Waals surface area contributed by atoms with Crippen LogP contribution in [-0.2, 0) is 5.41 Å². The molecule has 0 spiro atoms. The smallest absolute Gasteiger partial charge is 0.136 e. The minimum Gasteiger partial charge on any atom is -0.495 e. The number of hydrogen-bond acceptors (Lipinski definition) is 2. The maximum atomic E-state index is 5.77. The second-order valence-electron chi connectivity index (χ2n) is 5.47. The zero-order valence-electron chi connectivity index (χ0n) is 11.3. The molecule has 0 bridgehead atoms. The Hall–Kier alpha value is -0.540. The number of benzene rings is 1. The second kappa shape index (κ2) is 5.40. The molecule has 0 saturated heterocycles. The quantitative estimate of drug-likeness (QED) is 0.921. The fraction of sp³-hybridized carbons (Fsp3) is 0.571. The van der Waals surface area contributed by atoms with Gasteiger partial charge in [-0.15, -0.1) is 0 Å². The van der Waals surface area contributed by atoms with E-state index in [0.717, 1.165) is 10.2 Å². The van der Waals surface area contributed by atoms with Gasteiger partial charge in [-0.05, 0) is 51.0 Å². The maximum absolute atomic E-state index is 5.77. The van der Waals surface area contributed by atoms with Crippen LogP contribution in [0.3, 0.4) is 0 Å². The third kappa shape index (κ3) is 3.23. The van der Waals surface area contributed by atoms with Crippen LogP contribution in [0.4, 0.5) is 0 Å². The highest BCUT2D eigenvalue weighted by atomic mass is 79.9. The fourth-order valence-corrected chi connectivity index (χ4v) is 2.39. The average Bonchev–Trinajstić information content (AvgIpc) is 2.25. The van der Waals surface area contributed by atoms with Gasteiger partial charge in [0, 0.05) is 0 Å². The summed E-state index contributed by atoms with van der Waals surface area (Å²) in [5, 5.41) is 0. The first-order valence-corrected chi connectivity index (χ1v) is 6.68. The summed E-state index contributed by atoms with van der Waals surface area (Å²) in [5.41, 5.74) is 8.36. The van der Waals surface area contributed by atoms with Gasteiger partial charge in [-0.1, -0.05) is 33.8 Å². The molecule has 2 N–H and O–H groups in total. The van der Waals surface area contributed by atoms with Gasteiger partial charge in [-0.3, -0.25) is 0 Å². The third-order valence-electron chi connectivity index (χ3n) is 3.03. The highest BCUT2D eigenvalue weighted by Crippen LogP contribution is 2.38. The number of hydrogen-bond donors (Lipinski definition) is 1. The van der Waals surface area contributed by atoms with Gasteiger partial charge in [0.2, 0.25) is 0 Å². The largest absolute Gasteiger partial charge is 0.495 e. The van der Waals surface area contributed by atoms with Crippen molar-refractivity contribution in [3.05, 3.63) is 27.7 Å². The molecule has 0 saturated carbocycles. The van der Waals surface area contributed by atoms with Gasteiger partial charge in [-0.25, -0.2) is 0 Å². The van der Waals surface area contributed by atoms with Gasteiger partial charge in [0.15, 0.2) is 0 Å². The first kappa shape index (κ1) is 14.5. The van der Waals surface area contributed by atoms with Crippen molar-refractivity contribution in [3.8, 4) is 5.75 Å². The minimum atomic E-state index is 0.123. The summed E-state index contributed by atoms with van der Waals surface area (Å²) in [6, 6.07) is 4.34. The van der Waals surface area contributed by atoms with E-state index in [9.17, 15) is 0 Å². The zero-order valence-corrected chi connectivity index (χ0v) is 12.9. The van der Waals surface area contributed by atoms with Gasteiger partial charge in [0.1, 0.15) is 5.75 Å². The monoisotopic (exact) mass is 299 g/mol. The number of nitrogens with two attached hydrogens (primary N) is 1. The van der Waals surface area contributed by atoms with E-state index in [2.05, 4.69) is 55.8 Å². The summed E-state index contributed by atoms with van der Waals surface area (Å²) >= 11 is 3.58. The molecular formula is C14H22BrNO. The highest BCUT2D eigenvalue weighted by Gasteiger charge is 2.20. The molecular weight excluding hydrogens is 278 g/mol. The third-order valence-corrected chi connectivity index (χ3v) is 3.62. The molecule has 0 aromatic heterocycles. The molecule has 0 radical (unpaired) electrons. The Kier molecular flexibility index (Phi) is 4.62. The van der Waals surface area contributed by atoms with Gasteiger partial charge < -0.3 is 10.5 Å². The molecule has 0 heterocycles. The van der Waals surface area contributed by atoms with Crippen molar-refractivity contribution in [1.29, 1.82) is 0 Å². The van der Waals surface area contributed by atoms with E-state index in [0.29, 0.717) is 12.5 Å². The van der Waals surface area contributed by atoms with E-state index < -0.39 is 0 Å². The summed E-state index contributed by atoms with van der Waals surface area (Å²) in [7, 11) is 1.70. The molecule has 2 nitrogen and oxygen atoms in total. The molecule has 1 atom stereocenters. The van der Waals surface area contributed by atoms with Crippen molar-refractivity contribution >= 4 is 15.9 Å². The van der Waals surface area contributed by atoms with E-state index in [-0.39, 0.29) is 5.41 Å². The standard InChI is InChI=1S/C14H22BrNO/c1-9(8-16)11-6-10(14(2,3)4)7-12(15)13(11)17-5/h6-7,9H,8,16H2,1-5H3. The Bertz CT molecular complexity index is 396. The molecule has 1 unspecified atom stereocenters. The number of methoxy groups -OCH3 is 1. The molecule has 96 valence electrons. The maximum Gasteiger partial charge on any atom is 0.136 e. The van der Waals surface area contributed by atoms with Gasteiger partial charge in [0.25, 0.3) is 0 Å². The first-order chi connectivity index (χ1) is 7.81. The van der Waals surface area contributed by atoms with Crippen LogP contribution < -0.4 is 10.5 Å². The Morgan fingerprint density at radius 2 is 1.94 bits per heavy atom. The zero-order chi connectivity index (χ0) is 13.2. The Morgan fingerprint density at radius 1 is 1.35 bits per heavy atom. The van der Waals surface area contributed by atoms with Gasteiger partial charge >= 0.3 is 0 Å². The van der Waals surface area contributed by atoms with Crippen molar-refractivity contribution in [2.45, 2.75) is 39.0 Å². The summed E-state index contributed by atoms with van der Waals surface area (Å²) in [6.07, 6.45) is 0. The summed E-state index contributed by atoms with van der Waals surface area (Å²) in [4.78, 5) is 0. The molecule has 17 heavy (non-hydrogen) atoms. The molecule has 0 fully saturated rings. The van der Waals surface area contributed by atoms with E-state index in [1.54, 1.807) is 7.11 Å². The van der Waals surface area contributed by atoms with Crippen LogP contribution in [0, 0.1) is 0 Å². The lowest BCUT2D eigenvalue weighted by Crippen LogP contribution is -2.15. The summed E-state index contributed by atoms with van der Waals surface area (Å²) < 4.78 is 6.47. The van der Waals surface area contributed by atoms with Crippen LogP contribution in [0.1, 0.15) is 44.7 Å². The minimum absolute atomic E-state index is 0.123. The van der Waals surface area contributed by atoms with Crippen LogP contribution in [0.25, 0.3) is 0 Å². The van der Waals surface area contributed by atoms with Crippen molar-refractivity contribution in [1.82, 2.24) is 0 Å². The molecule has 1 rings (SSSR count). The lowest BCUT2D eigenvalue weighted by molar-refractivity contribution is 0.403. The van der Waals surface area contributed by atoms with Crippen LogP contribution in [-0.4, -0.2) is 13.7 Å². The van der Waals surface area contributed by atoms with Crippen molar-refractivity contribution < 1.29 is 4.74 Å². The predicted molar refractivity (Wildman–Crippen MR) is 76.9 cm³/mol. The van der Waals surface area contributed by atoms with E-state index in [4.69, 9.17) is 10.5 Å². The summed E-state index contributed by atoms with van der Waals surface area (Å²) in [6.45, 7) is 9.36. The predicted octanol–water partition coefficient (Wildman–Crippen LogP) is 3.82. The van der Waals surface area contributed by atoms with Crippen molar-refractivity contribution in [2.24, 2.45) is 5.73 Å². The fourth-order valence-electron chi connectivity index (χ4n) is 1.76. The van der Waals surface area contributed by atoms with E-state index in [1.165, 1.54) is 11.1 Å². The number of ether oxygens (including phenoxy) is 1. The van der Waals surface area contributed by atoms with Crippen LogP contribution in [0.5, 0.6) is 5.75 Å². The average molecular weight is 300 g/mol. The Morgan fingerprint density at radius 3 is 2.35 bits per heavy atom. The van der Waals surface area contributed by atoms with Crippen molar-refractivity contribution in [2.75, 3.05) is 13.7 Å². The normalized spacial score (nSPS) is 13.6. The number of halogens is 1. The van der Waals surface area contributed by atoms with Crippen molar-refractivity contribution in [3.63, 3.8) is 0 Å². The molecule has 0 amide bonds. The topological polar surface area (TPSA) is 35.2 Å². The lowest BCUT2D eigenvalue weighted by atomic mass is 9.84. The SMILES string of the molecule is COc1c(Br)cc(C(C)(C)C)cc1C(C)CN. The molecule has 0 aliphatic heterocycles. The van der Waals surface area contributed by atoms with Crippen LogP contribution in [0.2, 0.25) is 0 Å². The van der Waals surface area contributed by atoms with E-state index >= 15 is 0 Å². The lowest BCUT2D eigenvalue weighted by Gasteiger charge is -2.24.